The maximum atomic E-state index is 10.7. The second-order valence-corrected chi connectivity index (χ2v) is 9.41. The number of carboxylic acid groups (broad SMARTS) is 1. The van der Waals surface area contributed by atoms with Crippen molar-refractivity contribution in [3.05, 3.63) is 35.9 Å². The summed E-state index contributed by atoms with van der Waals surface area (Å²) < 4.78 is 1.12. The van der Waals surface area contributed by atoms with E-state index >= 15 is 0 Å². The number of quaternary nitrogens is 1. The number of nitrogens with zero attached hydrogens (tertiary/aromatic N) is 1. The molecular formula is C27H48NO2+. The number of hydrogen-bond acceptors (Lipinski definition) is 1. The third-order valence-corrected chi connectivity index (χ3v) is 6.42. The lowest BCUT2D eigenvalue weighted by Crippen LogP contribution is -2.47. The third kappa shape index (κ3) is 14.6. The number of carboxylic acids is 1. The molecule has 1 unspecified atom stereocenters. The molecule has 0 fully saturated rings. The van der Waals surface area contributed by atoms with Gasteiger partial charge in [-0.2, -0.15) is 0 Å². The van der Waals surface area contributed by atoms with Crippen LogP contribution in [0.1, 0.15) is 102 Å². The summed E-state index contributed by atoms with van der Waals surface area (Å²) in [4.78, 5) is 10.7. The zero-order chi connectivity index (χ0) is 21.9. The summed E-state index contributed by atoms with van der Waals surface area (Å²) in [5.74, 6) is -0.665. The van der Waals surface area contributed by atoms with E-state index in [1.165, 1.54) is 89.4 Å². The largest absolute Gasteiger partial charge is 0.481 e. The standard InChI is InChI=1S/C27H47NO2/c1-3-4-5-6-7-8-9-10-11-17-23-28(2,24-18-13-16-21-27(29)30)25-22-26-19-14-12-15-20-26/h12,14-15,19-20H,3-11,13,16-18,21-25H2,1-2H3/p+1. The molecule has 0 bridgehead atoms. The summed E-state index contributed by atoms with van der Waals surface area (Å²) in [6.07, 6.45) is 18.3. The summed E-state index contributed by atoms with van der Waals surface area (Å²) >= 11 is 0. The van der Waals surface area contributed by atoms with Gasteiger partial charge in [0.25, 0.3) is 0 Å². The summed E-state index contributed by atoms with van der Waals surface area (Å²) in [5, 5.41) is 8.84. The van der Waals surface area contributed by atoms with E-state index in [0.29, 0.717) is 6.42 Å². The van der Waals surface area contributed by atoms with Gasteiger partial charge < -0.3 is 9.59 Å². The molecule has 1 N–H and O–H groups in total. The normalized spacial score (nSPS) is 13.3. The lowest BCUT2D eigenvalue weighted by atomic mass is 10.1. The fourth-order valence-corrected chi connectivity index (χ4v) is 4.31. The van der Waals surface area contributed by atoms with Gasteiger partial charge in [-0.3, -0.25) is 4.79 Å². The fraction of sp³-hybridized carbons (Fsp3) is 0.741. The van der Waals surface area contributed by atoms with E-state index in [4.69, 9.17) is 5.11 Å². The minimum atomic E-state index is -0.665. The lowest BCUT2D eigenvalue weighted by Gasteiger charge is -2.35. The van der Waals surface area contributed by atoms with Crippen LogP contribution in [0.15, 0.2) is 30.3 Å². The van der Waals surface area contributed by atoms with Crippen molar-refractivity contribution in [3.63, 3.8) is 0 Å². The first kappa shape index (κ1) is 26.7. The Morgan fingerprint density at radius 2 is 1.23 bits per heavy atom. The van der Waals surface area contributed by atoms with Gasteiger partial charge >= 0.3 is 5.97 Å². The van der Waals surface area contributed by atoms with Crippen LogP contribution < -0.4 is 0 Å². The van der Waals surface area contributed by atoms with Crippen LogP contribution in [-0.4, -0.2) is 42.2 Å². The molecule has 0 saturated heterocycles. The Morgan fingerprint density at radius 3 is 1.77 bits per heavy atom. The minimum absolute atomic E-state index is 0.312. The first-order chi connectivity index (χ1) is 14.6. The Kier molecular flexibility index (Phi) is 15.4. The molecule has 0 radical (unpaired) electrons. The number of carbonyl (C=O) groups is 1. The molecule has 30 heavy (non-hydrogen) atoms. The number of rotatable bonds is 20. The molecule has 3 nitrogen and oxygen atoms in total. The topological polar surface area (TPSA) is 37.3 Å². The molecule has 0 aliphatic rings. The van der Waals surface area contributed by atoms with E-state index in [1.807, 2.05) is 0 Å². The summed E-state index contributed by atoms with van der Waals surface area (Å²) in [6, 6.07) is 10.8. The second-order valence-electron chi connectivity index (χ2n) is 9.41. The quantitative estimate of drug-likeness (QED) is 0.179. The average Bonchev–Trinajstić information content (AvgIpc) is 2.74. The van der Waals surface area contributed by atoms with E-state index in [-0.39, 0.29) is 0 Å². The molecule has 0 saturated carbocycles. The SMILES string of the molecule is CCCCCCCCCCCC[N+](C)(CCCCCC(=O)O)CCc1ccccc1. The van der Waals surface area contributed by atoms with Gasteiger partial charge in [0.15, 0.2) is 0 Å². The number of unbranched alkanes of at least 4 members (excludes halogenated alkanes) is 11. The van der Waals surface area contributed by atoms with Crippen LogP contribution in [0.25, 0.3) is 0 Å². The van der Waals surface area contributed by atoms with E-state index < -0.39 is 5.97 Å². The lowest BCUT2D eigenvalue weighted by molar-refractivity contribution is -0.909. The number of hydrogen-bond donors (Lipinski definition) is 1. The Labute approximate surface area is 186 Å². The molecule has 172 valence electrons. The van der Waals surface area contributed by atoms with Crippen LogP contribution in [0.4, 0.5) is 0 Å². The highest BCUT2D eigenvalue weighted by Crippen LogP contribution is 2.15. The predicted molar refractivity (Wildman–Crippen MR) is 129 cm³/mol. The zero-order valence-corrected chi connectivity index (χ0v) is 19.9. The van der Waals surface area contributed by atoms with Crippen LogP contribution in [0.5, 0.6) is 0 Å². The molecule has 0 spiro atoms. The van der Waals surface area contributed by atoms with E-state index in [1.54, 1.807) is 0 Å². The average molecular weight is 419 g/mol. The predicted octanol–water partition coefficient (Wildman–Crippen LogP) is 7.24. The molecule has 1 rings (SSSR count). The molecule has 0 aliphatic heterocycles. The molecular weight excluding hydrogens is 370 g/mol. The minimum Gasteiger partial charge on any atom is -0.481 e. The van der Waals surface area contributed by atoms with Crippen molar-refractivity contribution >= 4 is 5.97 Å². The van der Waals surface area contributed by atoms with Crippen LogP contribution in [0.3, 0.4) is 0 Å². The van der Waals surface area contributed by atoms with E-state index in [9.17, 15) is 4.79 Å². The van der Waals surface area contributed by atoms with Crippen LogP contribution in [0, 0.1) is 0 Å². The number of aliphatic carboxylic acids is 1. The van der Waals surface area contributed by atoms with Gasteiger partial charge in [0.2, 0.25) is 0 Å². The van der Waals surface area contributed by atoms with Crippen molar-refractivity contribution in [3.8, 4) is 0 Å². The van der Waals surface area contributed by atoms with Gasteiger partial charge in [0, 0.05) is 12.8 Å². The third-order valence-electron chi connectivity index (χ3n) is 6.42. The monoisotopic (exact) mass is 418 g/mol. The highest BCUT2D eigenvalue weighted by molar-refractivity contribution is 5.66. The first-order valence-electron chi connectivity index (χ1n) is 12.6. The molecule has 1 atom stereocenters. The smallest absolute Gasteiger partial charge is 0.303 e. The maximum absolute atomic E-state index is 10.7. The van der Waals surface area contributed by atoms with Gasteiger partial charge in [0.1, 0.15) is 0 Å². The molecule has 3 heteroatoms. The maximum Gasteiger partial charge on any atom is 0.303 e. The Bertz CT molecular complexity index is 531. The summed E-state index contributed by atoms with van der Waals surface area (Å²) in [5.41, 5.74) is 1.43. The van der Waals surface area contributed by atoms with Crippen molar-refractivity contribution in [2.45, 2.75) is 103 Å². The molecule has 0 aliphatic carbocycles. The van der Waals surface area contributed by atoms with Gasteiger partial charge in [-0.1, -0.05) is 88.6 Å². The Balaban J connectivity index is 2.28. The van der Waals surface area contributed by atoms with Gasteiger partial charge in [0.05, 0.1) is 26.7 Å². The van der Waals surface area contributed by atoms with Gasteiger partial charge in [-0.15, -0.1) is 0 Å². The summed E-state index contributed by atoms with van der Waals surface area (Å²) in [6.45, 7) is 5.88. The second kappa shape index (κ2) is 17.3. The zero-order valence-electron chi connectivity index (χ0n) is 19.9. The van der Waals surface area contributed by atoms with Crippen LogP contribution in [0.2, 0.25) is 0 Å². The van der Waals surface area contributed by atoms with Gasteiger partial charge in [-0.05, 0) is 37.7 Å². The molecule has 0 amide bonds. The van der Waals surface area contributed by atoms with Crippen molar-refractivity contribution in [1.82, 2.24) is 0 Å². The molecule has 0 aromatic heterocycles. The van der Waals surface area contributed by atoms with Crippen LogP contribution >= 0.6 is 0 Å². The van der Waals surface area contributed by atoms with E-state index in [2.05, 4.69) is 44.3 Å². The number of likely N-dealkylation sites (N-methyl/N-ethyl adjacent to an activating group) is 1. The van der Waals surface area contributed by atoms with Crippen molar-refractivity contribution < 1.29 is 14.4 Å². The number of benzene rings is 1. The Morgan fingerprint density at radius 1 is 0.733 bits per heavy atom. The van der Waals surface area contributed by atoms with E-state index in [0.717, 1.165) is 30.2 Å². The summed E-state index contributed by atoms with van der Waals surface area (Å²) in [7, 11) is 2.41. The van der Waals surface area contributed by atoms with Crippen molar-refractivity contribution in [2.24, 2.45) is 0 Å². The van der Waals surface area contributed by atoms with Crippen molar-refractivity contribution in [1.29, 1.82) is 0 Å². The highest BCUT2D eigenvalue weighted by atomic mass is 16.4. The van der Waals surface area contributed by atoms with Crippen molar-refractivity contribution in [2.75, 3.05) is 26.7 Å². The first-order valence-corrected chi connectivity index (χ1v) is 12.6. The molecule has 1 aromatic carbocycles. The highest BCUT2D eigenvalue weighted by Gasteiger charge is 2.20. The van der Waals surface area contributed by atoms with Gasteiger partial charge in [-0.25, -0.2) is 0 Å². The molecule has 1 aromatic rings. The van der Waals surface area contributed by atoms with Crippen LogP contribution in [-0.2, 0) is 11.2 Å². The molecule has 0 heterocycles. The Hall–Kier alpha value is -1.35. The fourth-order valence-electron chi connectivity index (χ4n) is 4.31.